The number of nitrogens with zero attached hydrogens (tertiary/aromatic N) is 2. The molecular formula is C16H18ClN3O2. The fourth-order valence-electron chi connectivity index (χ4n) is 2.89. The van der Waals surface area contributed by atoms with Gasteiger partial charge in [-0.2, -0.15) is 0 Å². The molecule has 6 heteroatoms. The molecule has 1 aromatic carbocycles. The van der Waals surface area contributed by atoms with Crippen LogP contribution in [0.2, 0.25) is 5.02 Å². The summed E-state index contributed by atoms with van der Waals surface area (Å²) >= 11 is 6.13. The van der Waals surface area contributed by atoms with E-state index in [0.717, 1.165) is 18.4 Å². The predicted molar refractivity (Wildman–Crippen MR) is 86.1 cm³/mol. The largest absolute Gasteiger partial charge is 0.395 e. The van der Waals surface area contributed by atoms with Gasteiger partial charge in [-0.3, -0.25) is 9.69 Å². The minimum Gasteiger partial charge on any atom is -0.395 e. The van der Waals surface area contributed by atoms with E-state index in [0.29, 0.717) is 16.2 Å². The zero-order valence-electron chi connectivity index (χ0n) is 12.3. The second-order valence-electron chi connectivity index (χ2n) is 5.69. The summed E-state index contributed by atoms with van der Waals surface area (Å²) < 4.78 is 0. The van der Waals surface area contributed by atoms with Crippen molar-refractivity contribution in [1.29, 1.82) is 0 Å². The van der Waals surface area contributed by atoms with E-state index in [9.17, 15) is 9.90 Å². The monoisotopic (exact) mass is 319 g/mol. The zero-order chi connectivity index (χ0) is 15.7. The fourth-order valence-corrected chi connectivity index (χ4v) is 3.12. The van der Waals surface area contributed by atoms with Crippen LogP contribution in [0.15, 0.2) is 30.3 Å². The summed E-state index contributed by atoms with van der Waals surface area (Å²) in [6, 6.07) is 9.21. The second-order valence-corrected chi connectivity index (χ2v) is 6.10. The second kappa shape index (κ2) is 6.20. The Bertz CT molecular complexity index is 707. The van der Waals surface area contributed by atoms with Gasteiger partial charge < -0.3 is 10.4 Å². The maximum absolute atomic E-state index is 12.4. The van der Waals surface area contributed by atoms with Gasteiger partial charge in [-0.05, 0) is 25.6 Å². The molecular weight excluding hydrogens is 302 g/mol. The Balaban J connectivity index is 1.77. The molecule has 2 aromatic rings. The third-order valence-corrected chi connectivity index (χ3v) is 4.44. The SMILES string of the molecule is CN1C[C@H](NC(=O)c2ccc3cccc(Cl)c3n2)C[C@H]1CO. The number of hydrogen-bond acceptors (Lipinski definition) is 4. The molecule has 1 aliphatic heterocycles. The van der Waals surface area contributed by atoms with Crippen LogP contribution in [-0.4, -0.2) is 53.2 Å². The Kier molecular flexibility index (Phi) is 4.29. The first kappa shape index (κ1) is 15.2. The summed E-state index contributed by atoms with van der Waals surface area (Å²) in [5.74, 6) is -0.209. The molecule has 2 heterocycles. The van der Waals surface area contributed by atoms with E-state index < -0.39 is 0 Å². The molecule has 3 rings (SSSR count). The van der Waals surface area contributed by atoms with Gasteiger partial charge in [0, 0.05) is 24.0 Å². The lowest BCUT2D eigenvalue weighted by molar-refractivity contribution is 0.0933. The van der Waals surface area contributed by atoms with Crippen molar-refractivity contribution in [3.8, 4) is 0 Å². The number of carbonyl (C=O) groups is 1. The lowest BCUT2D eigenvalue weighted by Gasteiger charge is -2.15. The van der Waals surface area contributed by atoms with Crippen molar-refractivity contribution in [3.05, 3.63) is 41.0 Å². The molecule has 2 atom stereocenters. The van der Waals surface area contributed by atoms with Gasteiger partial charge in [0.25, 0.3) is 5.91 Å². The number of nitrogens with one attached hydrogen (secondary N) is 1. The number of benzene rings is 1. The minimum atomic E-state index is -0.209. The van der Waals surface area contributed by atoms with Crippen molar-refractivity contribution >= 4 is 28.4 Å². The Labute approximate surface area is 133 Å². The summed E-state index contributed by atoms with van der Waals surface area (Å²) in [7, 11) is 1.95. The molecule has 116 valence electrons. The lowest BCUT2D eigenvalue weighted by atomic mass is 10.1. The summed E-state index contributed by atoms with van der Waals surface area (Å²) in [4.78, 5) is 18.8. The maximum atomic E-state index is 12.4. The first-order chi connectivity index (χ1) is 10.6. The molecule has 2 N–H and O–H groups in total. The van der Waals surface area contributed by atoms with Gasteiger partial charge in [0.05, 0.1) is 17.1 Å². The van der Waals surface area contributed by atoms with Crippen molar-refractivity contribution in [2.45, 2.75) is 18.5 Å². The average Bonchev–Trinajstić information content (AvgIpc) is 2.87. The Hall–Kier alpha value is -1.69. The van der Waals surface area contributed by atoms with Crippen LogP contribution in [0.25, 0.3) is 10.9 Å². The Morgan fingerprint density at radius 2 is 2.27 bits per heavy atom. The van der Waals surface area contributed by atoms with Gasteiger partial charge in [0.15, 0.2) is 0 Å². The molecule has 1 saturated heterocycles. The smallest absolute Gasteiger partial charge is 0.270 e. The van der Waals surface area contributed by atoms with Crippen LogP contribution >= 0.6 is 11.6 Å². The summed E-state index contributed by atoms with van der Waals surface area (Å²) in [5, 5.41) is 13.7. The number of likely N-dealkylation sites (tertiary alicyclic amines) is 1. The number of pyridine rings is 1. The van der Waals surface area contributed by atoms with Gasteiger partial charge in [-0.15, -0.1) is 0 Å². The van der Waals surface area contributed by atoms with E-state index in [1.54, 1.807) is 12.1 Å². The number of aliphatic hydroxyl groups excluding tert-OH is 1. The summed E-state index contributed by atoms with van der Waals surface area (Å²) in [6.07, 6.45) is 0.743. The fraction of sp³-hybridized carbons (Fsp3) is 0.375. The molecule has 0 unspecified atom stereocenters. The Morgan fingerprint density at radius 3 is 3.00 bits per heavy atom. The first-order valence-corrected chi connectivity index (χ1v) is 7.63. The van der Waals surface area contributed by atoms with Crippen molar-refractivity contribution in [2.75, 3.05) is 20.2 Å². The van der Waals surface area contributed by atoms with Crippen LogP contribution in [0.1, 0.15) is 16.9 Å². The van der Waals surface area contributed by atoms with Gasteiger partial charge in [-0.25, -0.2) is 4.98 Å². The normalized spacial score (nSPS) is 22.1. The average molecular weight is 320 g/mol. The molecule has 0 spiro atoms. The number of para-hydroxylation sites is 1. The van der Waals surface area contributed by atoms with Crippen LogP contribution in [0.4, 0.5) is 0 Å². The number of amides is 1. The summed E-state index contributed by atoms with van der Waals surface area (Å²) in [6.45, 7) is 0.831. The number of aliphatic hydroxyl groups is 1. The zero-order valence-corrected chi connectivity index (χ0v) is 13.0. The molecule has 1 amide bonds. The van der Waals surface area contributed by atoms with E-state index in [1.807, 2.05) is 25.2 Å². The third-order valence-electron chi connectivity index (χ3n) is 4.14. The molecule has 1 aromatic heterocycles. The molecule has 0 saturated carbocycles. The number of fused-ring (bicyclic) bond motifs is 1. The van der Waals surface area contributed by atoms with Crippen LogP contribution in [0.3, 0.4) is 0 Å². The van der Waals surface area contributed by atoms with E-state index in [2.05, 4.69) is 15.2 Å². The highest BCUT2D eigenvalue weighted by Gasteiger charge is 2.30. The number of aromatic nitrogens is 1. The number of rotatable bonds is 3. The highest BCUT2D eigenvalue weighted by molar-refractivity contribution is 6.35. The van der Waals surface area contributed by atoms with E-state index in [-0.39, 0.29) is 24.6 Å². The standard InChI is InChI=1S/C16H18ClN3O2/c1-20-8-11(7-12(20)9-21)18-16(22)14-6-5-10-3-2-4-13(17)15(10)19-14/h2-6,11-12,21H,7-9H2,1H3,(H,18,22)/t11-,12+/m1/s1. The van der Waals surface area contributed by atoms with Crippen molar-refractivity contribution in [1.82, 2.24) is 15.2 Å². The van der Waals surface area contributed by atoms with Gasteiger partial charge in [0.2, 0.25) is 0 Å². The van der Waals surface area contributed by atoms with Crippen LogP contribution in [0, 0.1) is 0 Å². The topological polar surface area (TPSA) is 65.5 Å². The predicted octanol–water partition coefficient (Wildman–Crippen LogP) is 1.68. The number of halogens is 1. The lowest BCUT2D eigenvalue weighted by Crippen LogP contribution is -2.36. The van der Waals surface area contributed by atoms with Gasteiger partial charge in [-0.1, -0.05) is 29.8 Å². The van der Waals surface area contributed by atoms with Crippen LogP contribution in [0.5, 0.6) is 0 Å². The maximum Gasteiger partial charge on any atom is 0.270 e. The number of likely N-dealkylation sites (N-methyl/N-ethyl adjacent to an activating group) is 1. The van der Waals surface area contributed by atoms with Crippen molar-refractivity contribution < 1.29 is 9.90 Å². The van der Waals surface area contributed by atoms with Crippen LogP contribution < -0.4 is 5.32 Å². The highest BCUT2D eigenvalue weighted by Crippen LogP contribution is 2.22. The molecule has 0 bridgehead atoms. The quantitative estimate of drug-likeness (QED) is 0.903. The minimum absolute atomic E-state index is 0.0263. The van der Waals surface area contributed by atoms with Crippen molar-refractivity contribution in [2.24, 2.45) is 0 Å². The molecule has 22 heavy (non-hydrogen) atoms. The third kappa shape index (κ3) is 2.92. The number of hydrogen-bond donors (Lipinski definition) is 2. The molecule has 0 radical (unpaired) electrons. The van der Waals surface area contributed by atoms with Gasteiger partial charge in [0.1, 0.15) is 5.69 Å². The van der Waals surface area contributed by atoms with Crippen LogP contribution in [-0.2, 0) is 0 Å². The Morgan fingerprint density at radius 1 is 1.45 bits per heavy atom. The summed E-state index contributed by atoms with van der Waals surface area (Å²) in [5.41, 5.74) is 0.990. The molecule has 0 aliphatic carbocycles. The van der Waals surface area contributed by atoms with Gasteiger partial charge >= 0.3 is 0 Å². The van der Waals surface area contributed by atoms with E-state index in [4.69, 9.17) is 11.6 Å². The molecule has 5 nitrogen and oxygen atoms in total. The van der Waals surface area contributed by atoms with Crippen molar-refractivity contribution in [3.63, 3.8) is 0 Å². The molecule has 1 aliphatic rings. The first-order valence-electron chi connectivity index (χ1n) is 7.25. The van der Waals surface area contributed by atoms with E-state index in [1.165, 1.54) is 0 Å². The molecule has 1 fully saturated rings. The van der Waals surface area contributed by atoms with E-state index >= 15 is 0 Å². The highest BCUT2D eigenvalue weighted by atomic mass is 35.5. The number of carbonyl (C=O) groups excluding carboxylic acids is 1.